The van der Waals surface area contributed by atoms with Crippen molar-refractivity contribution in [3.05, 3.63) is 0 Å². The minimum Gasteiger partial charge on any atom is -0.481 e. The summed E-state index contributed by atoms with van der Waals surface area (Å²) in [6.45, 7) is 4.25. The van der Waals surface area contributed by atoms with Crippen LogP contribution in [0.1, 0.15) is 39.5 Å². The van der Waals surface area contributed by atoms with Crippen molar-refractivity contribution < 1.29 is 9.90 Å². The van der Waals surface area contributed by atoms with E-state index in [1.807, 2.05) is 0 Å². The molecule has 0 spiro atoms. The number of carboxylic acids is 1. The lowest BCUT2D eigenvalue weighted by Crippen LogP contribution is -2.17. The highest BCUT2D eigenvalue weighted by Crippen LogP contribution is 2.39. The fourth-order valence-corrected chi connectivity index (χ4v) is 2.33. The molecule has 0 radical (unpaired) electrons. The number of carbonyl (C=O) groups is 1. The number of hydrogen-bond donors (Lipinski definition) is 1. The van der Waals surface area contributed by atoms with E-state index in [2.05, 4.69) is 13.8 Å². The van der Waals surface area contributed by atoms with Gasteiger partial charge in [0.05, 0.1) is 5.92 Å². The van der Waals surface area contributed by atoms with E-state index >= 15 is 0 Å². The quantitative estimate of drug-likeness (QED) is 0.706. The third-order valence-corrected chi connectivity index (χ3v) is 3.21. The van der Waals surface area contributed by atoms with Gasteiger partial charge in [-0.2, -0.15) is 0 Å². The Bertz CT molecular complexity index is 165. The summed E-state index contributed by atoms with van der Waals surface area (Å²) >= 11 is 0. The van der Waals surface area contributed by atoms with Crippen LogP contribution in [0.4, 0.5) is 0 Å². The van der Waals surface area contributed by atoms with Crippen molar-refractivity contribution in [2.24, 2.45) is 17.8 Å². The summed E-state index contributed by atoms with van der Waals surface area (Å²) in [5, 5.41) is 8.93. The molecule has 2 heteroatoms. The highest BCUT2D eigenvalue weighted by molar-refractivity contribution is 5.70. The Morgan fingerprint density at radius 2 is 2.00 bits per heavy atom. The predicted octanol–water partition coefficient (Wildman–Crippen LogP) is 2.53. The molecular formula is C10H18O2. The van der Waals surface area contributed by atoms with Crippen molar-refractivity contribution >= 4 is 5.97 Å². The van der Waals surface area contributed by atoms with E-state index in [1.165, 1.54) is 0 Å². The fourth-order valence-electron chi connectivity index (χ4n) is 2.33. The minimum absolute atomic E-state index is 0.0556. The molecule has 1 fully saturated rings. The van der Waals surface area contributed by atoms with Gasteiger partial charge in [0.1, 0.15) is 0 Å². The van der Waals surface area contributed by atoms with Crippen molar-refractivity contribution in [1.29, 1.82) is 0 Å². The molecule has 0 saturated heterocycles. The van der Waals surface area contributed by atoms with E-state index in [4.69, 9.17) is 5.11 Å². The van der Waals surface area contributed by atoms with Crippen LogP contribution in [0.2, 0.25) is 0 Å². The topological polar surface area (TPSA) is 37.3 Å². The van der Waals surface area contributed by atoms with Gasteiger partial charge in [-0.3, -0.25) is 4.79 Å². The zero-order chi connectivity index (χ0) is 9.14. The van der Waals surface area contributed by atoms with Crippen LogP contribution in [-0.4, -0.2) is 11.1 Å². The highest BCUT2D eigenvalue weighted by atomic mass is 16.4. The SMILES string of the molecule is CC[C@@H]1C[C@H](CC)[C@@H](C(=O)O)C1. The molecule has 0 aromatic heterocycles. The summed E-state index contributed by atoms with van der Waals surface area (Å²) < 4.78 is 0. The molecule has 12 heavy (non-hydrogen) atoms. The fraction of sp³-hybridized carbons (Fsp3) is 0.900. The van der Waals surface area contributed by atoms with Gasteiger partial charge in [-0.15, -0.1) is 0 Å². The second kappa shape index (κ2) is 3.92. The summed E-state index contributed by atoms with van der Waals surface area (Å²) in [7, 11) is 0. The largest absolute Gasteiger partial charge is 0.481 e. The summed E-state index contributed by atoms with van der Waals surface area (Å²) in [5.41, 5.74) is 0. The van der Waals surface area contributed by atoms with Crippen LogP contribution in [0.15, 0.2) is 0 Å². The van der Waals surface area contributed by atoms with Crippen LogP contribution in [0.3, 0.4) is 0 Å². The monoisotopic (exact) mass is 170 g/mol. The maximum atomic E-state index is 10.8. The van der Waals surface area contributed by atoms with Crippen LogP contribution < -0.4 is 0 Å². The molecular weight excluding hydrogens is 152 g/mol. The smallest absolute Gasteiger partial charge is 0.306 e. The second-order valence-electron chi connectivity index (χ2n) is 3.86. The Balaban J connectivity index is 2.56. The van der Waals surface area contributed by atoms with Gasteiger partial charge in [0.25, 0.3) is 0 Å². The van der Waals surface area contributed by atoms with Crippen molar-refractivity contribution in [3.8, 4) is 0 Å². The maximum Gasteiger partial charge on any atom is 0.306 e. The Morgan fingerprint density at radius 1 is 1.33 bits per heavy atom. The molecule has 1 rings (SSSR count). The van der Waals surface area contributed by atoms with E-state index in [0.717, 1.165) is 25.7 Å². The molecule has 0 unspecified atom stereocenters. The molecule has 0 aliphatic heterocycles. The van der Waals surface area contributed by atoms with Crippen molar-refractivity contribution in [2.45, 2.75) is 39.5 Å². The molecule has 0 bridgehead atoms. The first-order valence-corrected chi connectivity index (χ1v) is 4.91. The Morgan fingerprint density at radius 3 is 2.33 bits per heavy atom. The van der Waals surface area contributed by atoms with Crippen molar-refractivity contribution in [1.82, 2.24) is 0 Å². The predicted molar refractivity (Wildman–Crippen MR) is 47.9 cm³/mol. The van der Waals surface area contributed by atoms with Crippen LogP contribution in [0.25, 0.3) is 0 Å². The van der Waals surface area contributed by atoms with Gasteiger partial charge in [-0.1, -0.05) is 26.7 Å². The lowest BCUT2D eigenvalue weighted by molar-refractivity contribution is -0.143. The first kappa shape index (κ1) is 9.56. The zero-order valence-corrected chi connectivity index (χ0v) is 7.92. The zero-order valence-electron chi connectivity index (χ0n) is 7.92. The van der Waals surface area contributed by atoms with E-state index in [0.29, 0.717) is 11.8 Å². The average Bonchev–Trinajstić information content (AvgIpc) is 2.47. The van der Waals surface area contributed by atoms with Gasteiger partial charge in [-0.25, -0.2) is 0 Å². The maximum absolute atomic E-state index is 10.8. The highest BCUT2D eigenvalue weighted by Gasteiger charge is 2.36. The number of aliphatic carboxylic acids is 1. The minimum atomic E-state index is -0.585. The van der Waals surface area contributed by atoms with Gasteiger partial charge in [0.15, 0.2) is 0 Å². The number of carboxylic acid groups (broad SMARTS) is 1. The number of rotatable bonds is 3. The second-order valence-corrected chi connectivity index (χ2v) is 3.86. The lowest BCUT2D eigenvalue weighted by Gasteiger charge is -2.11. The third kappa shape index (κ3) is 1.79. The molecule has 2 nitrogen and oxygen atoms in total. The van der Waals surface area contributed by atoms with Gasteiger partial charge >= 0.3 is 5.97 Å². The van der Waals surface area contributed by atoms with Crippen LogP contribution in [-0.2, 0) is 4.79 Å². The molecule has 1 aliphatic rings. The Hall–Kier alpha value is -0.530. The van der Waals surface area contributed by atoms with Crippen molar-refractivity contribution in [3.63, 3.8) is 0 Å². The van der Waals surface area contributed by atoms with E-state index in [9.17, 15) is 4.79 Å². The lowest BCUT2D eigenvalue weighted by atomic mass is 9.94. The van der Waals surface area contributed by atoms with Gasteiger partial charge < -0.3 is 5.11 Å². The van der Waals surface area contributed by atoms with E-state index in [-0.39, 0.29) is 5.92 Å². The third-order valence-electron chi connectivity index (χ3n) is 3.21. The Kier molecular flexibility index (Phi) is 3.12. The van der Waals surface area contributed by atoms with Gasteiger partial charge in [0, 0.05) is 0 Å². The first-order valence-electron chi connectivity index (χ1n) is 4.91. The van der Waals surface area contributed by atoms with Crippen LogP contribution in [0, 0.1) is 17.8 Å². The van der Waals surface area contributed by atoms with Crippen LogP contribution >= 0.6 is 0 Å². The summed E-state index contributed by atoms with van der Waals surface area (Å²) in [5.74, 6) is 0.459. The molecule has 1 aliphatic carbocycles. The first-order chi connectivity index (χ1) is 5.69. The molecule has 1 saturated carbocycles. The molecule has 0 aromatic rings. The molecule has 0 heterocycles. The molecule has 1 N–H and O–H groups in total. The summed E-state index contributed by atoms with van der Waals surface area (Å²) in [6, 6.07) is 0. The van der Waals surface area contributed by atoms with E-state index in [1.54, 1.807) is 0 Å². The van der Waals surface area contributed by atoms with Gasteiger partial charge in [0.2, 0.25) is 0 Å². The molecule has 0 amide bonds. The average molecular weight is 170 g/mol. The van der Waals surface area contributed by atoms with Crippen LogP contribution in [0.5, 0.6) is 0 Å². The van der Waals surface area contributed by atoms with Gasteiger partial charge in [-0.05, 0) is 24.7 Å². The molecule has 0 aromatic carbocycles. The Labute approximate surface area is 74.0 Å². The normalized spacial score (nSPS) is 35.3. The van der Waals surface area contributed by atoms with Crippen molar-refractivity contribution in [2.75, 3.05) is 0 Å². The molecule has 3 atom stereocenters. The standard InChI is InChI=1S/C10H18O2/c1-3-7-5-8(4-2)9(6-7)10(11)12/h7-9H,3-6H2,1-2H3,(H,11,12)/t7-,8+,9+/m1/s1. The summed E-state index contributed by atoms with van der Waals surface area (Å²) in [6.07, 6.45) is 4.20. The van der Waals surface area contributed by atoms with E-state index < -0.39 is 5.97 Å². The number of hydrogen-bond acceptors (Lipinski definition) is 1. The summed E-state index contributed by atoms with van der Waals surface area (Å²) in [4.78, 5) is 10.8. The molecule has 70 valence electrons.